The molecule has 0 bridgehead atoms. The van der Waals surface area contributed by atoms with Crippen LogP contribution >= 0.6 is 0 Å². The van der Waals surface area contributed by atoms with Crippen LogP contribution in [0.5, 0.6) is 0 Å². The zero-order valence-electron chi connectivity index (χ0n) is 10.1. The highest BCUT2D eigenvalue weighted by Gasteiger charge is 2.24. The lowest BCUT2D eigenvalue weighted by molar-refractivity contribution is -0.125. The summed E-state index contributed by atoms with van der Waals surface area (Å²) in [6.45, 7) is 2.20. The number of hydrogen-bond acceptors (Lipinski definition) is 1. The van der Waals surface area contributed by atoms with E-state index in [2.05, 4.69) is 0 Å². The third kappa shape index (κ3) is 6.13. The van der Waals surface area contributed by atoms with Crippen LogP contribution in [0.4, 0.5) is 13.2 Å². The standard InChI is InChI=1S/C14H15F3O/c1-2-4-12-5-7-13(8-6-12)11-18-10-3-9-14(15,16)17/h2-8,10H,9,11H2,1H3/b4-2+,10-3+. The van der Waals surface area contributed by atoms with Crippen LogP contribution in [0.3, 0.4) is 0 Å². The minimum atomic E-state index is -4.17. The van der Waals surface area contributed by atoms with Crippen molar-refractivity contribution in [1.29, 1.82) is 0 Å². The third-order valence-electron chi connectivity index (χ3n) is 2.13. The van der Waals surface area contributed by atoms with Crippen molar-refractivity contribution >= 4 is 6.08 Å². The molecule has 1 aromatic carbocycles. The summed E-state index contributed by atoms with van der Waals surface area (Å²) < 4.78 is 40.4. The van der Waals surface area contributed by atoms with Crippen LogP contribution in [0, 0.1) is 0 Å². The molecule has 0 aliphatic carbocycles. The Bertz CT molecular complexity index is 402. The smallest absolute Gasteiger partial charge is 0.392 e. The molecule has 0 unspecified atom stereocenters. The summed E-state index contributed by atoms with van der Waals surface area (Å²) in [7, 11) is 0. The first-order chi connectivity index (χ1) is 8.51. The second kappa shape index (κ2) is 6.89. The van der Waals surface area contributed by atoms with Crippen LogP contribution < -0.4 is 0 Å². The van der Waals surface area contributed by atoms with Crippen molar-refractivity contribution in [2.24, 2.45) is 0 Å². The van der Waals surface area contributed by atoms with Crippen LogP contribution in [0.1, 0.15) is 24.5 Å². The molecule has 0 saturated carbocycles. The zero-order valence-corrected chi connectivity index (χ0v) is 10.1. The number of rotatable bonds is 5. The molecule has 0 amide bonds. The fourth-order valence-corrected chi connectivity index (χ4v) is 1.31. The molecule has 0 saturated heterocycles. The number of alkyl halides is 3. The minimum absolute atomic E-state index is 0.268. The Morgan fingerprint density at radius 2 is 1.83 bits per heavy atom. The Morgan fingerprint density at radius 3 is 2.39 bits per heavy atom. The molecule has 1 aromatic rings. The predicted octanol–water partition coefficient (Wildman–Crippen LogP) is 4.70. The Kier molecular flexibility index (Phi) is 5.49. The van der Waals surface area contributed by atoms with Gasteiger partial charge in [-0.3, -0.25) is 0 Å². The van der Waals surface area contributed by atoms with Crippen LogP contribution in [-0.4, -0.2) is 6.18 Å². The summed E-state index contributed by atoms with van der Waals surface area (Å²) in [6, 6.07) is 7.62. The molecule has 0 radical (unpaired) electrons. The van der Waals surface area contributed by atoms with Crippen molar-refractivity contribution < 1.29 is 17.9 Å². The van der Waals surface area contributed by atoms with Gasteiger partial charge in [0.2, 0.25) is 0 Å². The van der Waals surface area contributed by atoms with Gasteiger partial charge < -0.3 is 4.74 Å². The average Bonchev–Trinajstić information content (AvgIpc) is 2.30. The Hall–Kier alpha value is -1.71. The summed E-state index contributed by atoms with van der Waals surface area (Å²) in [5.74, 6) is 0. The Labute approximate surface area is 105 Å². The number of allylic oxidation sites excluding steroid dienone is 2. The van der Waals surface area contributed by atoms with Gasteiger partial charge in [-0.25, -0.2) is 0 Å². The summed E-state index contributed by atoms with van der Waals surface area (Å²) in [6.07, 6.45) is 0.821. The van der Waals surface area contributed by atoms with Crippen LogP contribution in [0.15, 0.2) is 42.7 Å². The molecule has 0 atom stereocenters. The predicted molar refractivity (Wildman–Crippen MR) is 65.8 cm³/mol. The highest BCUT2D eigenvalue weighted by Crippen LogP contribution is 2.19. The zero-order chi connectivity index (χ0) is 13.4. The van der Waals surface area contributed by atoms with Crippen LogP contribution in [-0.2, 0) is 11.3 Å². The summed E-state index contributed by atoms with van der Waals surface area (Å²) >= 11 is 0. The molecule has 1 rings (SSSR count). The molecule has 0 aromatic heterocycles. The van der Waals surface area contributed by atoms with Gasteiger partial charge in [-0.1, -0.05) is 36.4 Å². The molecule has 0 aliphatic heterocycles. The molecule has 0 spiro atoms. The van der Waals surface area contributed by atoms with Gasteiger partial charge in [0.25, 0.3) is 0 Å². The highest BCUT2D eigenvalue weighted by molar-refractivity contribution is 5.49. The molecular formula is C14H15F3O. The van der Waals surface area contributed by atoms with Gasteiger partial charge in [0.15, 0.2) is 0 Å². The molecule has 0 heterocycles. The lowest BCUT2D eigenvalue weighted by atomic mass is 10.1. The van der Waals surface area contributed by atoms with E-state index in [4.69, 9.17) is 4.74 Å². The lowest BCUT2D eigenvalue weighted by Gasteiger charge is -2.03. The number of halogens is 3. The highest BCUT2D eigenvalue weighted by atomic mass is 19.4. The van der Waals surface area contributed by atoms with E-state index in [1.165, 1.54) is 0 Å². The normalized spacial score (nSPS) is 12.4. The molecular weight excluding hydrogens is 241 g/mol. The first-order valence-electron chi connectivity index (χ1n) is 5.56. The van der Waals surface area contributed by atoms with E-state index >= 15 is 0 Å². The Morgan fingerprint density at radius 1 is 1.17 bits per heavy atom. The molecule has 98 valence electrons. The molecule has 18 heavy (non-hydrogen) atoms. The van der Waals surface area contributed by atoms with Crippen molar-refractivity contribution in [3.05, 3.63) is 53.8 Å². The first-order valence-corrected chi connectivity index (χ1v) is 5.56. The maximum atomic E-state index is 11.8. The minimum Gasteiger partial charge on any atom is -0.497 e. The fraction of sp³-hybridized carbons (Fsp3) is 0.286. The van der Waals surface area contributed by atoms with Crippen molar-refractivity contribution in [3.8, 4) is 0 Å². The van der Waals surface area contributed by atoms with Crippen molar-refractivity contribution in [2.45, 2.75) is 26.1 Å². The molecule has 4 heteroatoms. The fourth-order valence-electron chi connectivity index (χ4n) is 1.31. The molecule has 1 nitrogen and oxygen atoms in total. The molecule has 0 aliphatic rings. The quantitative estimate of drug-likeness (QED) is 0.694. The van der Waals surface area contributed by atoms with Gasteiger partial charge in [0, 0.05) is 0 Å². The van der Waals surface area contributed by atoms with E-state index < -0.39 is 12.6 Å². The van der Waals surface area contributed by atoms with Gasteiger partial charge in [0.1, 0.15) is 6.61 Å². The van der Waals surface area contributed by atoms with Gasteiger partial charge in [0.05, 0.1) is 12.7 Å². The second-order valence-corrected chi connectivity index (χ2v) is 3.74. The topological polar surface area (TPSA) is 9.23 Å². The summed E-state index contributed by atoms with van der Waals surface area (Å²) in [5, 5.41) is 0. The van der Waals surface area contributed by atoms with Gasteiger partial charge in [-0.05, 0) is 24.1 Å². The number of hydrogen-bond donors (Lipinski definition) is 0. The van der Waals surface area contributed by atoms with E-state index in [9.17, 15) is 13.2 Å². The molecule has 0 fully saturated rings. The Balaban J connectivity index is 2.35. The average molecular weight is 256 g/mol. The van der Waals surface area contributed by atoms with E-state index in [0.717, 1.165) is 23.5 Å². The van der Waals surface area contributed by atoms with E-state index in [1.54, 1.807) is 0 Å². The number of ether oxygens (including phenoxy) is 1. The maximum absolute atomic E-state index is 11.8. The number of benzene rings is 1. The summed E-state index contributed by atoms with van der Waals surface area (Å²) in [4.78, 5) is 0. The van der Waals surface area contributed by atoms with Gasteiger partial charge >= 0.3 is 6.18 Å². The lowest BCUT2D eigenvalue weighted by Crippen LogP contribution is -2.04. The van der Waals surface area contributed by atoms with E-state index in [-0.39, 0.29) is 6.61 Å². The summed E-state index contributed by atoms with van der Waals surface area (Å²) in [5.41, 5.74) is 1.99. The van der Waals surface area contributed by atoms with Gasteiger partial charge in [-0.2, -0.15) is 13.2 Å². The van der Waals surface area contributed by atoms with Crippen molar-refractivity contribution in [3.63, 3.8) is 0 Å². The molecule has 0 N–H and O–H groups in total. The van der Waals surface area contributed by atoms with E-state index in [1.807, 2.05) is 43.3 Å². The van der Waals surface area contributed by atoms with Gasteiger partial charge in [-0.15, -0.1) is 0 Å². The largest absolute Gasteiger partial charge is 0.497 e. The van der Waals surface area contributed by atoms with E-state index in [0.29, 0.717) is 0 Å². The maximum Gasteiger partial charge on any atom is 0.392 e. The SMILES string of the molecule is C/C=C/c1ccc(CO/C=C/CC(F)(F)F)cc1. The second-order valence-electron chi connectivity index (χ2n) is 3.74. The van der Waals surface area contributed by atoms with Crippen molar-refractivity contribution in [2.75, 3.05) is 0 Å². The van der Waals surface area contributed by atoms with Crippen LogP contribution in [0.2, 0.25) is 0 Å². The third-order valence-corrected chi connectivity index (χ3v) is 2.13. The van der Waals surface area contributed by atoms with Crippen molar-refractivity contribution in [1.82, 2.24) is 0 Å². The first kappa shape index (κ1) is 14.4. The monoisotopic (exact) mass is 256 g/mol. The van der Waals surface area contributed by atoms with Crippen LogP contribution in [0.25, 0.3) is 6.08 Å².